The molecular formula is C11H11Cl3N2O3. The third-order valence-electron chi connectivity index (χ3n) is 2.09. The number of nitrogens with one attached hydrogen (secondary N) is 1. The molecule has 0 radical (unpaired) electrons. The van der Waals surface area contributed by atoms with Gasteiger partial charge >= 0.3 is 5.97 Å². The van der Waals surface area contributed by atoms with E-state index < -0.39 is 11.9 Å². The van der Waals surface area contributed by atoms with Gasteiger partial charge in [-0.05, 0) is 19.2 Å². The standard InChI is InChI=1S/C11H11Cl3N2O3/c1-16(5-10(18)19)4-9(17)15-11-7(13)2-6(12)3-8(11)14/h2-3H,4-5H2,1H3,(H,15,17)(H,18,19). The van der Waals surface area contributed by atoms with E-state index in [0.717, 1.165) is 0 Å². The molecule has 1 aromatic carbocycles. The van der Waals surface area contributed by atoms with E-state index >= 15 is 0 Å². The van der Waals surface area contributed by atoms with Crippen molar-refractivity contribution in [1.29, 1.82) is 0 Å². The first-order chi connectivity index (χ1) is 8.79. The summed E-state index contributed by atoms with van der Waals surface area (Å²) < 4.78 is 0. The van der Waals surface area contributed by atoms with Crippen molar-refractivity contribution in [3.8, 4) is 0 Å². The van der Waals surface area contributed by atoms with Crippen LogP contribution >= 0.6 is 34.8 Å². The monoisotopic (exact) mass is 324 g/mol. The van der Waals surface area contributed by atoms with Gasteiger partial charge in [-0.15, -0.1) is 0 Å². The molecular weight excluding hydrogens is 314 g/mol. The third kappa shape index (κ3) is 5.24. The summed E-state index contributed by atoms with van der Waals surface area (Å²) in [7, 11) is 1.51. The molecule has 0 aliphatic rings. The molecule has 0 saturated heterocycles. The molecule has 0 atom stereocenters. The van der Waals surface area contributed by atoms with Crippen LogP contribution in [0.25, 0.3) is 0 Å². The zero-order valence-electron chi connectivity index (χ0n) is 9.91. The molecule has 0 heterocycles. The molecule has 2 N–H and O–H groups in total. The summed E-state index contributed by atoms with van der Waals surface area (Å²) in [4.78, 5) is 23.5. The number of nitrogens with zero attached hydrogens (tertiary/aromatic N) is 1. The van der Waals surface area contributed by atoms with Crippen LogP contribution in [0.4, 0.5) is 5.69 Å². The largest absolute Gasteiger partial charge is 0.480 e. The lowest BCUT2D eigenvalue weighted by Gasteiger charge is -2.15. The molecule has 1 rings (SSSR count). The van der Waals surface area contributed by atoms with Crippen molar-refractivity contribution in [2.45, 2.75) is 0 Å². The Morgan fingerprint density at radius 2 is 1.74 bits per heavy atom. The van der Waals surface area contributed by atoms with Crippen LogP contribution in [-0.2, 0) is 9.59 Å². The number of carboxylic acids is 1. The van der Waals surface area contributed by atoms with Crippen LogP contribution in [0.5, 0.6) is 0 Å². The van der Waals surface area contributed by atoms with Gasteiger partial charge in [0.2, 0.25) is 5.91 Å². The summed E-state index contributed by atoms with van der Waals surface area (Å²) in [6, 6.07) is 2.90. The highest BCUT2D eigenvalue weighted by Crippen LogP contribution is 2.33. The van der Waals surface area contributed by atoms with E-state index in [2.05, 4.69) is 5.32 Å². The lowest BCUT2D eigenvalue weighted by molar-refractivity contribution is -0.138. The van der Waals surface area contributed by atoms with E-state index in [1.54, 1.807) is 0 Å². The molecule has 8 heteroatoms. The molecule has 0 unspecified atom stereocenters. The zero-order valence-corrected chi connectivity index (χ0v) is 12.2. The number of aliphatic carboxylic acids is 1. The normalized spacial score (nSPS) is 10.6. The van der Waals surface area contributed by atoms with Gasteiger partial charge in [-0.3, -0.25) is 14.5 Å². The van der Waals surface area contributed by atoms with E-state index in [1.807, 2.05) is 0 Å². The first-order valence-corrected chi connectivity index (χ1v) is 6.27. The van der Waals surface area contributed by atoms with Gasteiger partial charge in [0.15, 0.2) is 0 Å². The molecule has 0 aliphatic heterocycles. The van der Waals surface area contributed by atoms with E-state index in [4.69, 9.17) is 39.9 Å². The number of carbonyl (C=O) groups is 2. The molecule has 1 amide bonds. The molecule has 1 aromatic rings. The number of likely N-dealkylation sites (N-methyl/N-ethyl adjacent to an activating group) is 1. The molecule has 0 spiro atoms. The van der Waals surface area contributed by atoms with Crippen molar-refractivity contribution in [2.24, 2.45) is 0 Å². The van der Waals surface area contributed by atoms with E-state index in [-0.39, 0.29) is 28.8 Å². The number of carboxylic acid groups (broad SMARTS) is 1. The first-order valence-electron chi connectivity index (χ1n) is 5.14. The zero-order chi connectivity index (χ0) is 14.6. The van der Waals surface area contributed by atoms with Gasteiger partial charge in [-0.2, -0.15) is 0 Å². The Morgan fingerprint density at radius 3 is 2.21 bits per heavy atom. The van der Waals surface area contributed by atoms with Crippen molar-refractivity contribution >= 4 is 52.4 Å². The minimum Gasteiger partial charge on any atom is -0.480 e. The Kier molecular flexibility index (Phi) is 5.87. The molecule has 5 nitrogen and oxygen atoms in total. The maximum atomic E-state index is 11.7. The minimum absolute atomic E-state index is 0.0957. The van der Waals surface area contributed by atoms with Crippen molar-refractivity contribution in [3.63, 3.8) is 0 Å². The predicted molar refractivity (Wildman–Crippen MR) is 75.2 cm³/mol. The summed E-state index contributed by atoms with van der Waals surface area (Å²) in [5.41, 5.74) is 0.251. The van der Waals surface area contributed by atoms with Gasteiger partial charge < -0.3 is 10.4 Å². The summed E-state index contributed by atoms with van der Waals surface area (Å²) in [6.07, 6.45) is 0. The summed E-state index contributed by atoms with van der Waals surface area (Å²) in [5, 5.41) is 11.9. The van der Waals surface area contributed by atoms with Crippen LogP contribution in [0.15, 0.2) is 12.1 Å². The van der Waals surface area contributed by atoms with Crippen LogP contribution in [0.2, 0.25) is 15.1 Å². The summed E-state index contributed by atoms with van der Waals surface area (Å²) in [6.45, 7) is -0.336. The van der Waals surface area contributed by atoms with Gasteiger partial charge in [-0.25, -0.2) is 0 Å². The quantitative estimate of drug-likeness (QED) is 0.873. The number of rotatable bonds is 5. The number of carbonyl (C=O) groups excluding carboxylic acids is 1. The molecule has 0 fully saturated rings. The fourth-order valence-electron chi connectivity index (χ4n) is 1.37. The van der Waals surface area contributed by atoms with Crippen molar-refractivity contribution < 1.29 is 14.7 Å². The first kappa shape index (κ1) is 16.0. The number of halogens is 3. The van der Waals surface area contributed by atoms with Gasteiger partial charge in [0.1, 0.15) is 0 Å². The van der Waals surface area contributed by atoms with Gasteiger partial charge in [-0.1, -0.05) is 34.8 Å². The summed E-state index contributed by atoms with van der Waals surface area (Å²) in [5.74, 6) is -1.44. The number of hydrogen-bond donors (Lipinski definition) is 2. The van der Waals surface area contributed by atoms with Crippen LogP contribution in [-0.4, -0.2) is 42.0 Å². The van der Waals surface area contributed by atoms with Gasteiger partial charge in [0.05, 0.1) is 28.8 Å². The van der Waals surface area contributed by atoms with Crippen LogP contribution in [0, 0.1) is 0 Å². The molecule has 0 aliphatic carbocycles. The van der Waals surface area contributed by atoms with Crippen molar-refractivity contribution in [2.75, 3.05) is 25.5 Å². The van der Waals surface area contributed by atoms with E-state index in [0.29, 0.717) is 5.02 Å². The minimum atomic E-state index is -1.02. The number of anilines is 1. The van der Waals surface area contributed by atoms with Gasteiger partial charge in [0, 0.05) is 5.02 Å². The Hall–Kier alpha value is -1.01. The fraction of sp³-hybridized carbons (Fsp3) is 0.273. The second-order valence-electron chi connectivity index (χ2n) is 3.86. The van der Waals surface area contributed by atoms with Crippen LogP contribution < -0.4 is 5.32 Å². The average Bonchev–Trinajstić information content (AvgIpc) is 2.21. The summed E-state index contributed by atoms with van der Waals surface area (Å²) >= 11 is 17.6. The predicted octanol–water partition coefficient (Wildman–Crippen LogP) is 2.60. The number of hydrogen-bond acceptors (Lipinski definition) is 3. The molecule has 0 bridgehead atoms. The van der Waals surface area contributed by atoms with Gasteiger partial charge in [0.25, 0.3) is 0 Å². The number of benzene rings is 1. The topological polar surface area (TPSA) is 69.6 Å². The van der Waals surface area contributed by atoms with Crippen molar-refractivity contribution in [1.82, 2.24) is 4.90 Å². The second-order valence-corrected chi connectivity index (χ2v) is 5.11. The van der Waals surface area contributed by atoms with E-state index in [9.17, 15) is 9.59 Å². The molecule has 19 heavy (non-hydrogen) atoms. The lowest BCUT2D eigenvalue weighted by Crippen LogP contribution is -2.33. The Labute approximate surface area is 125 Å². The Balaban J connectivity index is 2.70. The van der Waals surface area contributed by atoms with Crippen LogP contribution in [0.3, 0.4) is 0 Å². The highest BCUT2D eigenvalue weighted by atomic mass is 35.5. The molecule has 104 valence electrons. The SMILES string of the molecule is CN(CC(=O)O)CC(=O)Nc1c(Cl)cc(Cl)cc1Cl. The maximum Gasteiger partial charge on any atom is 0.317 e. The third-order valence-corrected chi connectivity index (χ3v) is 2.90. The molecule has 0 saturated carbocycles. The lowest BCUT2D eigenvalue weighted by atomic mass is 10.3. The highest BCUT2D eigenvalue weighted by Gasteiger charge is 2.14. The fourth-order valence-corrected chi connectivity index (χ4v) is 2.28. The van der Waals surface area contributed by atoms with E-state index in [1.165, 1.54) is 24.1 Å². The molecule has 0 aromatic heterocycles. The van der Waals surface area contributed by atoms with Crippen LogP contribution in [0.1, 0.15) is 0 Å². The van der Waals surface area contributed by atoms with Crippen molar-refractivity contribution in [3.05, 3.63) is 27.2 Å². The Morgan fingerprint density at radius 1 is 1.21 bits per heavy atom. The average molecular weight is 326 g/mol. The number of amides is 1. The second kappa shape index (κ2) is 6.96. The highest BCUT2D eigenvalue weighted by molar-refractivity contribution is 6.42. The smallest absolute Gasteiger partial charge is 0.317 e. The Bertz CT molecular complexity index is 485. The maximum absolute atomic E-state index is 11.7.